The molecule has 19 heavy (non-hydrogen) atoms. The first-order chi connectivity index (χ1) is 8.85. The fraction of sp³-hybridized carbons (Fsp3) is 0.500. The van der Waals surface area contributed by atoms with Crippen LogP contribution in [0, 0.1) is 12.8 Å². The first-order valence-electron chi connectivity index (χ1n) is 6.36. The van der Waals surface area contributed by atoms with Crippen molar-refractivity contribution >= 4 is 17.3 Å². The largest absolute Gasteiger partial charge is 0.478 e. The fourth-order valence-electron chi connectivity index (χ4n) is 2.04. The number of aliphatic hydroxyl groups excluding tert-OH is 1. The van der Waals surface area contributed by atoms with Crippen LogP contribution in [0.2, 0.25) is 0 Å². The van der Waals surface area contributed by atoms with E-state index in [-0.39, 0.29) is 23.9 Å². The summed E-state index contributed by atoms with van der Waals surface area (Å²) in [6, 6.07) is 3.21. The number of hydrogen-bond donors (Lipinski definition) is 4. The van der Waals surface area contributed by atoms with Gasteiger partial charge in [-0.15, -0.1) is 0 Å². The smallest absolute Gasteiger partial charge is 0.337 e. The molecule has 0 saturated heterocycles. The van der Waals surface area contributed by atoms with Crippen molar-refractivity contribution < 1.29 is 15.0 Å². The fourth-order valence-corrected chi connectivity index (χ4v) is 2.04. The summed E-state index contributed by atoms with van der Waals surface area (Å²) in [4.78, 5) is 11.1. The molecule has 0 aliphatic heterocycles. The number of benzene rings is 1. The first-order valence-corrected chi connectivity index (χ1v) is 6.36. The van der Waals surface area contributed by atoms with E-state index in [2.05, 4.69) is 19.2 Å². The summed E-state index contributed by atoms with van der Waals surface area (Å²) in [5, 5.41) is 21.6. The van der Waals surface area contributed by atoms with Crippen LogP contribution >= 0.6 is 0 Å². The molecular weight excluding hydrogens is 244 g/mol. The average Bonchev–Trinajstić information content (AvgIpc) is 2.31. The van der Waals surface area contributed by atoms with Gasteiger partial charge >= 0.3 is 5.97 Å². The highest BCUT2D eigenvalue weighted by Gasteiger charge is 2.14. The van der Waals surface area contributed by atoms with Gasteiger partial charge in [-0.1, -0.05) is 13.8 Å². The molecule has 0 fully saturated rings. The number of aryl methyl sites for hydroxylation is 1. The summed E-state index contributed by atoms with van der Waals surface area (Å²) in [6.45, 7) is 5.91. The van der Waals surface area contributed by atoms with E-state index in [0.29, 0.717) is 17.2 Å². The highest BCUT2D eigenvalue weighted by atomic mass is 16.4. The Morgan fingerprint density at radius 1 is 1.42 bits per heavy atom. The number of aliphatic hydroxyl groups is 1. The van der Waals surface area contributed by atoms with E-state index in [9.17, 15) is 9.90 Å². The Kier molecular flexibility index (Phi) is 5.18. The number of anilines is 2. The monoisotopic (exact) mass is 266 g/mol. The van der Waals surface area contributed by atoms with Gasteiger partial charge in [0.1, 0.15) is 0 Å². The van der Waals surface area contributed by atoms with Gasteiger partial charge in [0.25, 0.3) is 0 Å². The van der Waals surface area contributed by atoms with Crippen LogP contribution in [0.1, 0.15) is 36.2 Å². The number of nitrogen functional groups attached to an aromatic ring is 1. The van der Waals surface area contributed by atoms with Crippen LogP contribution in [0.5, 0.6) is 0 Å². The van der Waals surface area contributed by atoms with Gasteiger partial charge in [0, 0.05) is 17.4 Å². The van der Waals surface area contributed by atoms with Crippen LogP contribution in [0.4, 0.5) is 11.4 Å². The Labute approximate surface area is 113 Å². The molecule has 5 heteroatoms. The minimum atomic E-state index is -1.05. The summed E-state index contributed by atoms with van der Waals surface area (Å²) in [5.74, 6) is -0.605. The lowest BCUT2D eigenvalue weighted by Crippen LogP contribution is -2.25. The first kappa shape index (κ1) is 15.3. The molecule has 1 unspecified atom stereocenters. The Hall–Kier alpha value is -1.75. The lowest BCUT2D eigenvalue weighted by atomic mass is 10.0. The molecule has 0 spiro atoms. The van der Waals surface area contributed by atoms with E-state index < -0.39 is 5.97 Å². The van der Waals surface area contributed by atoms with E-state index in [1.54, 1.807) is 13.0 Å². The number of nitrogens with two attached hydrogens (primary N) is 1. The zero-order valence-electron chi connectivity index (χ0n) is 11.6. The van der Waals surface area contributed by atoms with Crippen molar-refractivity contribution in [1.82, 2.24) is 0 Å². The third-order valence-electron chi connectivity index (χ3n) is 2.96. The summed E-state index contributed by atoms with van der Waals surface area (Å²) < 4.78 is 0. The molecule has 106 valence electrons. The number of carbonyl (C=O) groups is 1. The standard InChI is InChI=1S/C14H22N2O3/c1-8(2)4-11(7-17)16-10-5-9(3)13(15)12(6-10)14(18)19/h5-6,8,11,16-17H,4,7,15H2,1-3H3,(H,18,19). The second kappa shape index (κ2) is 6.43. The zero-order valence-corrected chi connectivity index (χ0v) is 11.6. The normalized spacial score (nSPS) is 12.5. The van der Waals surface area contributed by atoms with Crippen molar-refractivity contribution in [2.75, 3.05) is 17.7 Å². The molecule has 0 radical (unpaired) electrons. The highest BCUT2D eigenvalue weighted by Crippen LogP contribution is 2.24. The Morgan fingerprint density at radius 3 is 2.53 bits per heavy atom. The summed E-state index contributed by atoms with van der Waals surface area (Å²) in [7, 11) is 0. The molecule has 0 heterocycles. The zero-order chi connectivity index (χ0) is 14.6. The van der Waals surface area contributed by atoms with E-state index in [4.69, 9.17) is 10.8 Å². The molecule has 0 bridgehead atoms. The molecular formula is C14H22N2O3. The molecule has 0 aliphatic carbocycles. The minimum Gasteiger partial charge on any atom is -0.478 e. The van der Waals surface area contributed by atoms with Crippen molar-refractivity contribution in [3.05, 3.63) is 23.3 Å². The number of rotatable bonds is 6. The van der Waals surface area contributed by atoms with Crippen molar-refractivity contribution in [2.24, 2.45) is 5.92 Å². The lowest BCUT2D eigenvalue weighted by molar-refractivity contribution is 0.0698. The third-order valence-corrected chi connectivity index (χ3v) is 2.96. The second-order valence-corrected chi connectivity index (χ2v) is 5.21. The van der Waals surface area contributed by atoms with E-state index in [0.717, 1.165) is 6.42 Å². The maximum Gasteiger partial charge on any atom is 0.337 e. The topological polar surface area (TPSA) is 95.6 Å². The molecule has 1 aromatic carbocycles. The van der Waals surface area contributed by atoms with Gasteiger partial charge in [-0.25, -0.2) is 4.79 Å². The average molecular weight is 266 g/mol. The maximum absolute atomic E-state index is 11.1. The van der Waals surface area contributed by atoms with Crippen molar-refractivity contribution in [3.63, 3.8) is 0 Å². The Bertz CT molecular complexity index is 458. The maximum atomic E-state index is 11.1. The van der Waals surface area contributed by atoms with Gasteiger partial charge in [0.15, 0.2) is 0 Å². The molecule has 1 aromatic rings. The van der Waals surface area contributed by atoms with Gasteiger partial charge < -0.3 is 21.3 Å². The number of nitrogens with one attached hydrogen (secondary N) is 1. The molecule has 0 aliphatic rings. The highest BCUT2D eigenvalue weighted by molar-refractivity contribution is 5.95. The summed E-state index contributed by atoms with van der Waals surface area (Å²) in [6.07, 6.45) is 0.808. The number of hydrogen-bond acceptors (Lipinski definition) is 4. The Balaban J connectivity index is 2.98. The summed E-state index contributed by atoms with van der Waals surface area (Å²) in [5.41, 5.74) is 7.49. The van der Waals surface area contributed by atoms with Gasteiger partial charge in [-0.2, -0.15) is 0 Å². The quantitative estimate of drug-likeness (QED) is 0.591. The molecule has 0 saturated carbocycles. The molecule has 5 N–H and O–H groups in total. The van der Waals surface area contributed by atoms with Crippen molar-refractivity contribution in [3.8, 4) is 0 Å². The molecule has 5 nitrogen and oxygen atoms in total. The van der Waals surface area contributed by atoms with Crippen LogP contribution in [0.25, 0.3) is 0 Å². The molecule has 0 amide bonds. The number of aromatic carboxylic acids is 1. The van der Waals surface area contributed by atoms with Crippen molar-refractivity contribution in [2.45, 2.75) is 33.2 Å². The van der Waals surface area contributed by atoms with E-state index >= 15 is 0 Å². The lowest BCUT2D eigenvalue weighted by Gasteiger charge is -2.20. The Morgan fingerprint density at radius 2 is 2.05 bits per heavy atom. The third kappa shape index (κ3) is 4.13. The SMILES string of the molecule is Cc1cc(NC(CO)CC(C)C)cc(C(=O)O)c1N. The predicted molar refractivity (Wildman–Crippen MR) is 76.5 cm³/mol. The van der Waals surface area contributed by atoms with Gasteiger partial charge in [-0.3, -0.25) is 0 Å². The van der Waals surface area contributed by atoms with Gasteiger partial charge in [0.2, 0.25) is 0 Å². The molecule has 1 rings (SSSR count). The molecule has 0 aromatic heterocycles. The van der Waals surface area contributed by atoms with Crippen LogP contribution in [0.15, 0.2) is 12.1 Å². The number of carboxylic acids is 1. The summed E-state index contributed by atoms with van der Waals surface area (Å²) >= 11 is 0. The molecule has 1 atom stereocenters. The second-order valence-electron chi connectivity index (χ2n) is 5.21. The number of carboxylic acid groups (broad SMARTS) is 1. The van der Waals surface area contributed by atoms with Crippen LogP contribution in [-0.4, -0.2) is 28.8 Å². The van der Waals surface area contributed by atoms with Gasteiger partial charge in [-0.05, 0) is 37.0 Å². The van der Waals surface area contributed by atoms with E-state index in [1.807, 2.05) is 0 Å². The predicted octanol–water partition coefficient (Wildman–Crippen LogP) is 2.09. The van der Waals surface area contributed by atoms with Crippen LogP contribution < -0.4 is 11.1 Å². The van der Waals surface area contributed by atoms with Crippen LogP contribution in [0.3, 0.4) is 0 Å². The van der Waals surface area contributed by atoms with Crippen LogP contribution in [-0.2, 0) is 0 Å². The van der Waals surface area contributed by atoms with E-state index in [1.165, 1.54) is 6.07 Å². The van der Waals surface area contributed by atoms with Crippen molar-refractivity contribution in [1.29, 1.82) is 0 Å². The minimum absolute atomic E-state index is 0.00398. The van der Waals surface area contributed by atoms with Gasteiger partial charge in [0.05, 0.1) is 12.2 Å².